The summed E-state index contributed by atoms with van der Waals surface area (Å²) in [6, 6.07) is 7.37. The molecule has 0 heterocycles. The van der Waals surface area contributed by atoms with Gasteiger partial charge in [0.15, 0.2) is 0 Å². The first-order valence-electron chi connectivity index (χ1n) is 7.35. The molecule has 2 unspecified atom stereocenters. The molecule has 2 saturated carbocycles. The van der Waals surface area contributed by atoms with E-state index in [2.05, 4.69) is 5.32 Å². The number of carboxylic acids is 1. The van der Waals surface area contributed by atoms with Gasteiger partial charge in [-0.2, -0.15) is 0 Å². The number of aliphatic carboxylic acids is 1. The van der Waals surface area contributed by atoms with Crippen LogP contribution in [-0.4, -0.2) is 23.0 Å². The highest BCUT2D eigenvalue weighted by molar-refractivity contribution is 6.31. The van der Waals surface area contributed by atoms with E-state index in [9.17, 15) is 9.59 Å². The quantitative estimate of drug-likeness (QED) is 0.899. The molecule has 2 fully saturated rings. The van der Waals surface area contributed by atoms with Gasteiger partial charge in [-0.15, -0.1) is 0 Å². The van der Waals surface area contributed by atoms with Crippen LogP contribution in [0.5, 0.6) is 0 Å². The number of nitrogens with one attached hydrogen (secondary N) is 1. The number of carbonyl (C=O) groups excluding carboxylic acids is 1. The summed E-state index contributed by atoms with van der Waals surface area (Å²) in [5.74, 6) is -1.18. The smallest absolute Gasteiger partial charge is 0.308 e. The highest BCUT2D eigenvalue weighted by Gasteiger charge is 2.46. The maximum Gasteiger partial charge on any atom is 0.308 e. The van der Waals surface area contributed by atoms with Crippen LogP contribution in [-0.2, 0) is 9.59 Å². The largest absolute Gasteiger partial charge is 0.481 e. The Bertz CT molecular complexity index is 574. The predicted molar refractivity (Wildman–Crippen MR) is 79.2 cm³/mol. The molecule has 4 atom stereocenters. The van der Waals surface area contributed by atoms with E-state index in [0.717, 1.165) is 24.8 Å². The summed E-state index contributed by atoms with van der Waals surface area (Å²) in [6.45, 7) is 0. The second-order valence-corrected chi connectivity index (χ2v) is 6.37. The Labute approximate surface area is 128 Å². The minimum atomic E-state index is -0.809. The first-order valence-corrected chi connectivity index (χ1v) is 7.73. The molecule has 0 saturated heterocycles. The third-order valence-corrected chi connectivity index (χ3v) is 4.94. The highest BCUT2D eigenvalue weighted by Crippen LogP contribution is 2.49. The third kappa shape index (κ3) is 2.91. The third-order valence-electron chi connectivity index (χ3n) is 4.59. The molecule has 0 aromatic heterocycles. The van der Waals surface area contributed by atoms with Crippen molar-refractivity contribution in [3.05, 3.63) is 34.9 Å². The van der Waals surface area contributed by atoms with Crippen molar-refractivity contribution in [3.8, 4) is 0 Å². The minimum Gasteiger partial charge on any atom is -0.481 e. The van der Waals surface area contributed by atoms with E-state index < -0.39 is 11.9 Å². The number of hydrogen-bond acceptors (Lipinski definition) is 2. The van der Waals surface area contributed by atoms with Crippen molar-refractivity contribution in [2.24, 2.45) is 11.8 Å². The fraction of sp³-hybridized carbons (Fsp3) is 0.500. The second kappa shape index (κ2) is 5.68. The van der Waals surface area contributed by atoms with E-state index in [1.54, 1.807) is 0 Å². The predicted octanol–water partition coefficient (Wildman–Crippen LogP) is 2.81. The molecule has 1 amide bonds. The van der Waals surface area contributed by atoms with E-state index in [1.807, 2.05) is 24.3 Å². The van der Waals surface area contributed by atoms with Crippen LogP contribution in [0.1, 0.15) is 37.2 Å². The van der Waals surface area contributed by atoms with Crippen molar-refractivity contribution in [1.29, 1.82) is 0 Å². The second-order valence-electron chi connectivity index (χ2n) is 5.96. The van der Waals surface area contributed by atoms with Crippen molar-refractivity contribution in [2.45, 2.75) is 37.6 Å². The molecule has 1 aromatic rings. The average molecular weight is 308 g/mol. The summed E-state index contributed by atoms with van der Waals surface area (Å²) >= 11 is 6.15. The minimum absolute atomic E-state index is 0.0296. The molecule has 2 aliphatic rings. The van der Waals surface area contributed by atoms with Crippen LogP contribution in [0.15, 0.2) is 24.3 Å². The topological polar surface area (TPSA) is 66.4 Å². The molecule has 1 aromatic carbocycles. The SMILES string of the molecule is O=C(N[C@H]1CCC[C@H]1C(=O)O)C1CC1c1ccccc1Cl. The van der Waals surface area contributed by atoms with E-state index in [-0.39, 0.29) is 23.8 Å². The van der Waals surface area contributed by atoms with Crippen LogP contribution in [0.4, 0.5) is 0 Å². The van der Waals surface area contributed by atoms with Gasteiger partial charge in [-0.1, -0.05) is 36.2 Å². The van der Waals surface area contributed by atoms with Crippen molar-refractivity contribution < 1.29 is 14.7 Å². The summed E-state index contributed by atoms with van der Waals surface area (Å²) in [5, 5.41) is 12.8. The first kappa shape index (κ1) is 14.4. The molecule has 0 spiro atoms. The molecular formula is C16H18ClNO3. The van der Waals surface area contributed by atoms with Gasteiger partial charge in [-0.05, 0) is 36.8 Å². The maximum atomic E-state index is 12.3. The van der Waals surface area contributed by atoms with Gasteiger partial charge in [-0.3, -0.25) is 9.59 Å². The molecule has 3 rings (SSSR count). The zero-order chi connectivity index (χ0) is 15.0. The summed E-state index contributed by atoms with van der Waals surface area (Å²) in [5.41, 5.74) is 1.01. The molecule has 21 heavy (non-hydrogen) atoms. The Morgan fingerprint density at radius 3 is 2.67 bits per heavy atom. The first-order chi connectivity index (χ1) is 10.1. The summed E-state index contributed by atoms with van der Waals surface area (Å²) in [4.78, 5) is 23.4. The van der Waals surface area contributed by atoms with E-state index in [0.29, 0.717) is 11.4 Å². The lowest BCUT2D eigenvalue weighted by atomic mass is 10.0. The van der Waals surface area contributed by atoms with Crippen molar-refractivity contribution in [1.82, 2.24) is 5.32 Å². The highest BCUT2D eigenvalue weighted by atomic mass is 35.5. The van der Waals surface area contributed by atoms with Crippen LogP contribution in [0.3, 0.4) is 0 Å². The maximum absolute atomic E-state index is 12.3. The van der Waals surface area contributed by atoms with E-state index >= 15 is 0 Å². The van der Waals surface area contributed by atoms with Crippen molar-refractivity contribution >= 4 is 23.5 Å². The lowest BCUT2D eigenvalue weighted by Crippen LogP contribution is -2.41. The lowest BCUT2D eigenvalue weighted by molar-refractivity contribution is -0.142. The number of carbonyl (C=O) groups is 2. The van der Waals surface area contributed by atoms with Crippen LogP contribution >= 0.6 is 11.6 Å². The van der Waals surface area contributed by atoms with Crippen molar-refractivity contribution in [3.63, 3.8) is 0 Å². The van der Waals surface area contributed by atoms with Crippen LogP contribution < -0.4 is 5.32 Å². The summed E-state index contributed by atoms with van der Waals surface area (Å²) in [6.07, 6.45) is 3.06. The molecular weight excluding hydrogens is 290 g/mol. The Hall–Kier alpha value is -1.55. The zero-order valence-electron chi connectivity index (χ0n) is 11.6. The van der Waals surface area contributed by atoms with Gasteiger partial charge in [0.2, 0.25) is 5.91 Å². The lowest BCUT2D eigenvalue weighted by Gasteiger charge is -2.17. The number of hydrogen-bond donors (Lipinski definition) is 2. The monoisotopic (exact) mass is 307 g/mol. The molecule has 0 aliphatic heterocycles. The normalized spacial score (nSPS) is 30.9. The molecule has 0 bridgehead atoms. The Morgan fingerprint density at radius 2 is 1.95 bits per heavy atom. The van der Waals surface area contributed by atoms with Gasteiger partial charge >= 0.3 is 5.97 Å². The molecule has 0 radical (unpaired) electrons. The number of amides is 1. The molecule has 4 nitrogen and oxygen atoms in total. The number of halogens is 1. The van der Waals surface area contributed by atoms with Crippen molar-refractivity contribution in [2.75, 3.05) is 0 Å². The van der Waals surface area contributed by atoms with Gasteiger partial charge in [0.1, 0.15) is 0 Å². The summed E-state index contributed by atoms with van der Waals surface area (Å²) in [7, 11) is 0. The fourth-order valence-corrected chi connectivity index (χ4v) is 3.60. The summed E-state index contributed by atoms with van der Waals surface area (Å²) < 4.78 is 0. The van der Waals surface area contributed by atoms with E-state index in [4.69, 9.17) is 16.7 Å². The molecule has 2 aliphatic carbocycles. The van der Waals surface area contributed by atoms with Gasteiger partial charge in [0.25, 0.3) is 0 Å². The fourth-order valence-electron chi connectivity index (χ4n) is 3.32. The van der Waals surface area contributed by atoms with E-state index in [1.165, 1.54) is 0 Å². The number of rotatable bonds is 4. The Kier molecular flexibility index (Phi) is 3.89. The van der Waals surface area contributed by atoms with Gasteiger partial charge < -0.3 is 10.4 Å². The Balaban J connectivity index is 1.61. The van der Waals surface area contributed by atoms with Crippen LogP contribution in [0.2, 0.25) is 5.02 Å². The standard InChI is InChI=1S/C16H18ClNO3/c17-13-6-2-1-4-9(13)11-8-12(11)15(19)18-14-7-3-5-10(14)16(20)21/h1-2,4,6,10-12,14H,3,5,7-8H2,(H,18,19)(H,20,21)/t10-,11?,12?,14+/m1/s1. The van der Waals surface area contributed by atoms with Gasteiger partial charge in [0, 0.05) is 17.0 Å². The van der Waals surface area contributed by atoms with Crippen LogP contribution in [0, 0.1) is 11.8 Å². The number of benzene rings is 1. The Morgan fingerprint density at radius 1 is 1.19 bits per heavy atom. The van der Waals surface area contributed by atoms with Crippen LogP contribution in [0.25, 0.3) is 0 Å². The molecule has 2 N–H and O–H groups in total. The number of carboxylic acid groups (broad SMARTS) is 1. The molecule has 112 valence electrons. The van der Waals surface area contributed by atoms with Gasteiger partial charge in [0.05, 0.1) is 5.92 Å². The zero-order valence-corrected chi connectivity index (χ0v) is 12.3. The molecule has 5 heteroatoms. The average Bonchev–Trinajstić information content (AvgIpc) is 3.11. The van der Waals surface area contributed by atoms with Gasteiger partial charge in [-0.25, -0.2) is 0 Å².